The van der Waals surface area contributed by atoms with Gasteiger partial charge in [0.25, 0.3) is 0 Å². The molecule has 0 fully saturated rings. The van der Waals surface area contributed by atoms with Crippen LogP contribution in [-0.2, 0) is 16.1 Å². The van der Waals surface area contributed by atoms with Crippen LogP contribution in [0.5, 0.6) is 0 Å². The largest absolute Gasteiger partial charge is 0.346 e. The van der Waals surface area contributed by atoms with E-state index in [1.54, 1.807) is 17.0 Å². The second kappa shape index (κ2) is 9.84. The van der Waals surface area contributed by atoms with Gasteiger partial charge in [-0.05, 0) is 36.8 Å². The van der Waals surface area contributed by atoms with Gasteiger partial charge in [-0.3, -0.25) is 9.59 Å². The van der Waals surface area contributed by atoms with Crippen LogP contribution in [0.3, 0.4) is 0 Å². The van der Waals surface area contributed by atoms with Crippen LogP contribution in [0, 0.1) is 5.82 Å². The highest BCUT2D eigenvalue weighted by atomic mass is 32.2. The lowest BCUT2D eigenvalue weighted by atomic mass is 10.2. The standard InChI is InChI=1S/C19H21FN2O2S/c1-2-22(13-15-6-4-3-5-7-15)19(24)12-21-18(23)14-25-17-10-8-16(20)9-11-17/h3-11H,2,12-14H2,1H3,(H,21,23). The van der Waals surface area contributed by atoms with Gasteiger partial charge in [0, 0.05) is 18.0 Å². The third-order valence-corrected chi connectivity index (χ3v) is 4.58. The predicted molar refractivity (Wildman–Crippen MR) is 97.7 cm³/mol. The van der Waals surface area contributed by atoms with Crippen LogP contribution in [0.1, 0.15) is 12.5 Å². The first kappa shape index (κ1) is 19.0. The molecule has 4 nitrogen and oxygen atoms in total. The number of halogens is 1. The Labute approximate surface area is 151 Å². The molecule has 0 radical (unpaired) electrons. The molecule has 0 saturated carbocycles. The van der Waals surface area contributed by atoms with Crippen LogP contribution >= 0.6 is 11.8 Å². The first-order valence-corrected chi connectivity index (χ1v) is 9.04. The van der Waals surface area contributed by atoms with E-state index in [0.29, 0.717) is 13.1 Å². The van der Waals surface area contributed by atoms with Crippen LogP contribution in [-0.4, -0.2) is 35.6 Å². The second-order valence-electron chi connectivity index (χ2n) is 5.41. The molecule has 0 atom stereocenters. The van der Waals surface area contributed by atoms with Gasteiger partial charge in [0.15, 0.2) is 0 Å². The van der Waals surface area contributed by atoms with Crippen molar-refractivity contribution >= 4 is 23.6 Å². The van der Waals surface area contributed by atoms with Gasteiger partial charge in [-0.1, -0.05) is 30.3 Å². The van der Waals surface area contributed by atoms with Gasteiger partial charge < -0.3 is 10.2 Å². The highest BCUT2D eigenvalue weighted by Gasteiger charge is 2.13. The van der Waals surface area contributed by atoms with Crippen molar-refractivity contribution in [2.45, 2.75) is 18.4 Å². The van der Waals surface area contributed by atoms with Crippen molar-refractivity contribution in [1.82, 2.24) is 10.2 Å². The average Bonchev–Trinajstić information content (AvgIpc) is 2.64. The molecule has 0 saturated heterocycles. The molecule has 25 heavy (non-hydrogen) atoms. The summed E-state index contributed by atoms with van der Waals surface area (Å²) in [6.07, 6.45) is 0. The smallest absolute Gasteiger partial charge is 0.242 e. The number of nitrogens with zero attached hydrogens (tertiary/aromatic N) is 1. The van der Waals surface area contributed by atoms with Crippen molar-refractivity contribution in [2.75, 3.05) is 18.8 Å². The summed E-state index contributed by atoms with van der Waals surface area (Å²) >= 11 is 1.30. The number of benzene rings is 2. The van der Waals surface area contributed by atoms with Gasteiger partial charge in [-0.25, -0.2) is 4.39 Å². The van der Waals surface area contributed by atoms with Crippen LogP contribution in [0.4, 0.5) is 4.39 Å². The maximum absolute atomic E-state index is 12.8. The fourth-order valence-electron chi connectivity index (χ4n) is 2.20. The van der Waals surface area contributed by atoms with Crippen LogP contribution in [0.15, 0.2) is 59.5 Å². The van der Waals surface area contributed by atoms with Crippen molar-refractivity contribution in [1.29, 1.82) is 0 Å². The van der Waals surface area contributed by atoms with Crippen LogP contribution in [0.25, 0.3) is 0 Å². The molecule has 2 aromatic carbocycles. The van der Waals surface area contributed by atoms with Gasteiger partial charge in [0.1, 0.15) is 5.82 Å². The zero-order valence-electron chi connectivity index (χ0n) is 14.1. The van der Waals surface area contributed by atoms with E-state index < -0.39 is 0 Å². The Hall–Kier alpha value is -2.34. The fraction of sp³-hybridized carbons (Fsp3) is 0.263. The molecule has 0 heterocycles. The molecule has 6 heteroatoms. The zero-order valence-corrected chi connectivity index (χ0v) is 14.9. The summed E-state index contributed by atoms with van der Waals surface area (Å²) in [7, 11) is 0. The van der Waals surface area contributed by atoms with Crippen molar-refractivity contribution in [3.8, 4) is 0 Å². The molecular formula is C19H21FN2O2S. The molecule has 0 bridgehead atoms. The van der Waals surface area contributed by atoms with Crippen molar-refractivity contribution in [3.05, 3.63) is 66.0 Å². The first-order chi connectivity index (χ1) is 12.1. The molecule has 0 aliphatic heterocycles. The fourth-order valence-corrected chi connectivity index (χ4v) is 2.93. The van der Waals surface area contributed by atoms with Gasteiger partial charge in [-0.15, -0.1) is 11.8 Å². The summed E-state index contributed by atoms with van der Waals surface area (Å²) in [6, 6.07) is 15.7. The average molecular weight is 360 g/mol. The molecular weight excluding hydrogens is 339 g/mol. The molecule has 0 spiro atoms. The Morgan fingerprint density at radius 2 is 1.76 bits per heavy atom. The quantitative estimate of drug-likeness (QED) is 0.736. The third kappa shape index (κ3) is 6.58. The lowest BCUT2D eigenvalue weighted by Crippen LogP contribution is -2.40. The van der Waals surface area contributed by atoms with Gasteiger partial charge in [0.2, 0.25) is 11.8 Å². The molecule has 0 aliphatic carbocycles. The minimum atomic E-state index is -0.308. The number of rotatable bonds is 8. The van der Waals surface area contributed by atoms with E-state index in [2.05, 4.69) is 5.32 Å². The Morgan fingerprint density at radius 3 is 2.40 bits per heavy atom. The van der Waals surface area contributed by atoms with Crippen molar-refractivity contribution in [2.24, 2.45) is 0 Å². The number of thioether (sulfide) groups is 1. The summed E-state index contributed by atoms with van der Waals surface area (Å²) in [5, 5.41) is 2.64. The lowest BCUT2D eigenvalue weighted by Gasteiger charge is -2.21. The number of amides is 2. The highest BCUT2D eigenvalue weighted by molar-refractivity contribution is 8.00. The van der Waals surface area contributed by atoms with E-state index in [1.165, 1.54) is 23.9 Å². The van der Waals surface area contributed by atoms with Crippen molar-refractivity contribution < 1.29 is 14.0 Å². The summed E-state index contributed by atoms with van der Waals surface area (Å²) in [5.41, 5.74) is 1.05. The van der Waals surface area contributed by atoms with E-state index in [0.717, 1.165) is 10.5 Å². The zero-order chi connectivity index (χ0) is 18.1. The number of hydrogen-bond acceptors (Lipinski definition) is 3. The molecule has 0 aliphatic rings. The Balaban J connectivity index is 1.75. The SMILES string of the molecule is CCN(Cc1ccccc1)C(=O)CNC(=O)CSc1ccc(F)cc1. The molecule has 2 aromatic rings. The number of carbonyl (C=O) groups is 2. The molecule has 2 amide bonds. The van der Waals surface area contributed by atoms with Crippen molar-refractivity contribution in [3.63, 3.8) is 0 Å². The maximum atomic E-state index is 12.8. The normalized spacial score (nSPS) is 10.3. The maximum Gasteiger partial charge on any atom is 0.242 e. The first-order valence-electron chi connectivity index (χ1n) is 8.05. The Bertz CT molecular complexity index is 692. The lowest BCUT2D eigenvalue weighted by molar-refractivity contribution is -0.132. The molecule has 2 rings (SSSR count). The summed E-state index contributed by atoms with van der Waals surface area (Å²) < 4.78 is 12.8. The van der Waals surface area contributed by atoms with E-state index >= 15 is 0 Å². The molecule has 0 unspecified atom stereocenters. The van der Waals surface area contributed by atoms with Gasteiger partial charge >= 0.3 is 0 Å². The third-order valence-electron chi connectivity index (χ3n) is 3.57. The Kier molecular flexibility index (Phi) is 7.47. The van der Waals surface area contributed by atoms with E-state index in [9.17, 15) is 14.0 Å². The minimum absolute atomic E-state index is 0.0243. The number of carbonyl (C=O) groups excluding carboxylic acids is 2. The highest BCUT2D eigenvalue weighted by Crippen LogP contribution is 2.17. The second-order valence-corrected chi connectivity index (χ2v) is 6.46. The number of likely N-dealkylation sites (N-methyl/N-ethyl adjacent to an activating group) is 1. The van der Waals surface area contributed by atoms with E-state index in [-0.39, 0.29) is 29.9 Å². The monoisotopic (exact) mass is 360 g/mol. The molecule has 132 valence electrons. The molecule has 1 N–H and O–H groups in total. The predicted octanol–water partition coefficient (Wildman–Crippen LogP) is 3.08. The topological polar surface area (TPSA) is 49.4 Å². The summed E-state index contributed by atoms with van der Waals surface area (Å²) in [5.74, 6) is -0.466. The summed E-state index contributed by atoms with van der Waals surface area (Å²) in [6.45, 7) is 2.99. The van der Waals surface area contributed by atoms with Crippen LogP contribution < -0.4 is 5.32 Å². The summed E-state index contributed by atoms with van der Waals surface area (Å²) in [4.78, 5) is 26.6. The number of nitrogens with one attached hydrogen (secondary N) is 1. The van der Waals surface area contributed by atoms with Gasteiger partial charge in [0.05, 0.1) is 12.3 Å². The van der Waals surface area contributed by atoms with E-state index in [1.807, 2.05) is 37.3 Å². The number of hydrogen-bond donors (Lipinski definition) is 1. The molecule has 0 aromatic heterocycles. The Morgan fingerprint density at radius 1 is 1.08 bits per heavy atom. The van der Waals surface area contributed by atoms with Gasteiger partial charge in [-0.2, -0.15) is 0 Å². The van der Waals surface area contributed by atoms with E-state index in [4.69, 9.17) is 0 Å². The van der Waals surface area contributed by atoms with Crippen LogP contribution in [0.2, 0.25) is 0 Å². The minimum Gasteiger partial charge on any atom is -0.346 e.